The molecule has 62 valence electrons. The fourth-order valence-electron chi connectivity index (χ4n) is 1.29. The lowest BCUT2D eigenvalue weighted by molar-refractivity contribution is 0.384. The molecule has 0 atom stereocenters. The van der Waals surface area contributed by atoms with E-state index in [1.54, 1.807) is 0 Å². The van der Waals surface area contributed by atoms with Gasteiger partial charge in [0.25, 0.3) is 0 Å². The summed E-state index contributed by atoms with van der Waals surface area (Å²) in [6.45, 7) is 8.48. The molecule has 1 heterocycles. The van der Waals surface area contributed by atoms with Crippen LogP contribution in [0.25, 0.3) is 0 Å². The molecule has 3 heteroatoms. The zero-order valence-electron chi connectivity index (χ0n) is 7.43. The first-order chi connectivity index (χ1) is 4.93. The summed E-state index contributed by atoms with van der Waals surface area (Å²) >= 11 is 5.13. The summed E-state index contributed by atoms with van der Waals surface area (Å²) in [4.78, 5) is 3.02. The average molecular weight is 170 g/mol. The second-order valence-corrected chi connectivity index (χ2v) is 4.13. The van der Waals surface area contributed by atoms with Gasteiger partial charge in [-0.2, -0.15) is 0 Å². The Morgan fingerprint density at radius 3 is 2.18 bits per heavy atom. The third-order valence-electron chi connectivity index (χ3n) is 1.63. The minimum absolute atomic E-state index is 0.0845. The van der Waals surface area contributed by atoms with Gasteiger partial charge in [-0.1, -0.05) is 0 Å². The molecule has 11 heavy (non-hydrogen) atoms. The van der Waals surface area contributed by atoms with E-state index in [1.807, 2.05) is 6.20 Å². The molecule has 0 aliphatic heterocycles. The summed E-state index contributed by atoms with van der Waals surface area (Å²) in [6, 6.07) is 0. The normalized spacial score (nSPS) is 12.0. The molecule has 2 nitrogen and oxygen atoms in total. The fraction of sp³-hybridized carbons (Fsp3) is 0.625. The van der Waals surface area contributed by atoms with Crippen LogP contribution in [0.2, 0.25) is 0 Å². The summed E-state index contributed by atoms with van der Waals surface area (Å²) < 4.78 is 2.91. The van der Waals surface area contributed by atoms with Crippen molar-refractivity contribution in [3.05, 3.63) is 16.7 Å². The van der Waals surface area contributed by atoms with E-state index < -0.39 is 0 Å². The van der Waals surface area contributed by atoms with Gasteiger partial charge < -0.3 is 9.55 Å². The van der Waals surface area contributed by atoms with Gasteiger partial charge in [-0.3, -0.25) is 0 Å². The first-order valence-electron chi connectivity index (χ1n) is 3.70. The zero-order valence-corrected chi connectivity index (χ0v) is 8.25. The van der Waals surface area contributed by atoms with Gasteiger partial charge in [0, 0.05) is 17.4 Å². The van der Waals surface area contributed by atoms with E-state index in [2.05, 4.69) is 37.2 Å². The summed E-state index contributed by atoms with van der Waals surface area (Å²) in [5.74, 6) is 0. The van der Waals surface area contributed by atoms with E-state index in [9.17, 15) is 0 Å². The van der Waals surface area contributed by atoms with Crippen LogP contribution in [-0.4, -0.2) is 9.55 Å². The van der Waals surface area contributed by atoms with Crippen molar-refractivity contribution >= 4 is 12.2 Å². The molecule has 0 saturated carbocycles. The molecule has 0 aliphatic carbocycles. The second kappa shape index (κ2) is 2.48. The molecule has 0 aliphatic rings. The number of aromatic nitrogens is 2. The molecule has 1 rings (SSSR count). The van der Waals surface area contributed by atoms with Crippen LogP contribution in [0.4, 0.5) is 0 Å². The number of nitrogens with zero attached hydrogens (tertiary/aromatic N) is 1. The maximum absolute atomic E-state index is 5.13. The Labute approximate surface area is 72.3 Å². The predicted molar refractivity (Wildman–Crippen MR) is 49.3 cm³/mol. The van der Waals surface area contributed by atoms with Crippen molar-refractivity contribution in [1.29, 1.82) is 0 Å². The summed E-state index contributed by atoms with van der Waals surface area (Å²) in [5, 5.41) is 0. The van der Waals surface area contributed by atoms with Crippen molar-refractivity contribution in [2.45, 2.75) is 33.2 Å². The Morgan fingerprint density at radius 2 is 2.00 bits per heavy atom. The van der Waals surface area contributed by atoms with E-state index in [0.29, 0.717) is 0 Å². The zero-order chi connectivity index (χ0) is 8.65. The van der Waals surface area contributed by atoms with Gasteiger partial charge in [0.05, 0.1) is 0 Å². The highest BCUT2D eigenvalue weighted by Crippen LogP contribution is 2.16. The number of aromatic amines is 1. The number of imidazole rings is 1. The van der Waals surface area contributed by atoms with Crippen LogP contribution >= 0.6 is 12.2 Å². The highest BCUT2D eigenvalue weighted by atomic mass is 32.1. The Morgan fingerprint density at radius 1 is 1.45 bits per heavy atom. The molecule has 0 aromatic carbocycles. The van der Waals surface area contributed by atoms with Crippen LogP contribution in [-0.2, 0) is 5.54 Å². The van der Waals surface area contributed by atoms with E-state index in [1.165, 1.54) is 5.69 Å². The molecule has 1 aromatic heterocycles. The molecule has 1 aromatic rings. The van der Waals surface area contributed by atoms with Crippen molar-refractivity contribution in [3.8, 4) is 0 Å². The summed E-state index contributed by atoms with van der Waals surface area (Å²) in [6.07, 6.45) is 1.94. The van der Waals surface area contributed by atoms with Crippen molar-refractivity contribution in [2.24, 2.45) is 0 Å². The lowest BCUT2D eigenvalue weighted by Gasteiger charge is -2.22. The quantitative estimate of drug-likeness (QED) is 0.593. The highest BCUT2D eigenvalue weighted by Gasteiger charge is 2.15. The Kier molecular flexibility index (Phi) is 1.92. The molecule has 0 bridgehead atoms. The largest absolute Gasteiger partial charge is 0.337 e. The molecular weight excluding hydrogens is 156 g/mol. The standard InChI is InChI=1S/C8H14N2S/c1-6-5-9-7(11)10(6)8(2,3)4/h5H,1-4H3,(H,9,11). The van der Waals surface area contributed by atoms with Gasteiger partial charge in [0.1, 0.15) is 0 Å². The number of rotatable bonds is 0. The van der Waals surface area contributed by atoms with Crippen LogP contribution in [0.1, 0.15) is 26.5 Å². The van der Waals surface area contributed by atoms with Crippen molar-refractivity contribution in [1.82, 2.24) is 9.55 Å². The number of aryl methyl sites for hydroxylation is 1. The fourth-order valence-corrected chi connectivity index (χ4v) is 1.77. The molecule has 0 fully saturated rings. The third-order valence-corrected chi connectivity index (χ3v) is 1.93. The molecule has 0 amide bonds. The van der Waals surface area contributed by atoms with Gasteiger partial charge in [-0.15, -0.1) is 0 Å². The molecule has 0 spiro atoms. The first kappa shape index (κ1) is 8.53. The highest BCUT2D eigenvalue weighted by molar-refractivity contribution is 7.71. The molecule has 1 N–H and O–H groups in total. The summed E-state index contributed by atoms with van der Waals surface area (Å²) in [5.41, 5.74) is 1.27. The molecular formula is C8H14N2S. The van der Waals surface area contributed by atoms with E-state index in [0.717, 1.165) is 4.77 Å². The SMILES string of the molecule is Cc1c[nH]c(=S)n1C(C)(C)C. The van der Waals surface area contributed by atoms with Gasteiger partial charge in [-0.25, -0.2) is 0 Å². The second-order valence-electron chi connectivity index (χ2n) is 3.74. The molecule has 0 saturated heterocycles. The topological polar surface area (TPSA) is 20.7 Å². The Balaban J connectivity index is 3.33. The lowest BCUT2D eigenvalue weighted by atomic mass is 10.1. The minimum Gasteiger partial charge on any atom is -0.337 e. The third kappa shape index (κ3) is 1.53. The molecule has 0 radical (unpaired) electrons. The average Bonchev–Trinajstić information content (AvgIpc) is 2.08. The van der Waals surface area contributed by atoms with Gasteiger partial charge in [0.15, 0.2) is 4.77 Å². The lowest BCUT2D eigenvalue weighted by Crippen LogP contribution is -2.22. The smallest absolute Gasteiger partial charge is 0.177 e. The minimum atomic E-state index is 0.0845. The van der Waals surface area contributed by atoms with E-state index in [-0.39, 0.29) is 5.54 Å². The monoisotopic (exact) mass is 170 g/mol. The van der Waals surface area contributed by atoms with Crippen LogP contribution in [0.15, 0.2) is 6.20 Å². The van der Waals surface area contributed by atoms with Gasteiger partial charge >= 0.3 is 0 Å². The Hall–Kier alpha value is -0.570. The molecule has 0 unspecified atom stereocenters. The summed E-state index contributed by atoms with van der Waals surface area (Å²) in [7, 11) is 0. The van der Waals surface area contributed by atoms with Gasteiger partial charge in [-0.05, 0) is 39.9 Å². The first-order valence-corrected chi connectivity index (χ1v) is 4.11. The van der Waals surface area contributed by atoms with Crippen LogP contribution < -0.4 is 0 Å². The number of nitrogens with one attached hydrogen (secondary N) is 1. The van der Waals surface area contributed by atoms with Crippen LogP contribution in [0.5, 0.6) is 0 Å². The number of hydrogen-bond acceptors (Lipinski definition) is 1. The van der Waals surface area contributed by atoms with Gasteiger partial charge in [0.2, 0.25) is 0 Å². The predicted octanol–water partition coefficient (Wildman–Crippen LogP) is 2.61. The van der Waals surface area contributed by atoms with E-state index >= 15 is 0 Å². The number of H-pyrrole nitrogens is 1. The van der Waals surface area contributed by atoms with Crippen LogP contribution in [0, 0.1) is 11.7 Å². The van der Waals surface area contributed by atoms with Crippen molar-refractivity contribution in [2.75, 3.05) is 0 Å². The maximum atomic E-state index is 5.13. The van der Waals surface area contributed by atoms with E-state index in [4.69, 9.17) is 12.2 Å². The van der Waals surface area contributed by atoms with Crippen molar-refractivity contribution < 1.29 is 0 Å². The maximum Gasteiger partial charge on any atom is 0.177 e. The van der Waals surface area contributed by atoms with Crippen LogP contribution in [0.3, 0.4) is 0 Å². The Bertz CT molecular complexity index is 301. The number of hydrogen-bond donors (Lipinski definition) is 1. The van der Waals surface area contributed by atoms with Crippen molar-refractivity contribution in [3.63, 3.8) is 0 Å².